The largest absolute Gasteiger partial charge is 0.446 e. The highest BCUT2D eigenvalue weighted by molar-refractivity contribution is 5.76. The van der Waals surface area contributed by atoms with Crippen LogP contribution >= 0.6 is 0 Å². The Morgan fingerprint density at radius 1 is 1.19 bits per heavy atom. The molecule has 1 aromatic rings. The van der Waals surface area contributed by atoms with E-state index in [0.717, 1.165) is 12.8 Å². The maximum absolute atomic E-state index is 11.9. The number of allylic oxidation sites excluding steroid dienone is 6. The van der Waals surface area contributed by atoms with E-state index in [0.29, 0.717) is 6.54 Å². The normalized spacial score (nSPS) is 20.0. The Morgan fingerprint density at radius 3 is 2.59 bits per heavy atom. The van der Waals surface area contributed by atoms with Crippen LogP contribution in [0.2, 0.25) is 0 Å². The van der Waals surface area contributed by atoms with E-state index in [1.54, 1.807) is 0 Å². The van der Waals surface area contributed by atoms with E-state index in [4.69, 9.17) is 4.74 Å². The lowest BCUT2D eigenvalue weighted by Crippen LogP contribution is -2.30. The molecule has 0 heterocycles. The van der Waals surface area contributed by atoms with Crippen LogP contribution in [0, 0.1) is 5.41 Å². The van der Waals surface area contributed by atoms with Crippen LogP contribution in [0.5, 0.6) is 0 Å². The maximum atomic E-state index is 11.9. The molecule has 1 aromatic carbocycles. The summed E-state index contributed by atoms with van der Waals surface area (Å²) in [5.41, 5.74) is 3.73. The van der Waals surface area contributed by atoms with Crippen molar-refractivity contribution in [1.29, 1.82) is 0 Å². The third-order valence-electron chi connectivity index (χ3n) is 5.44. The van der Waals surface area contributed by atoms with Gasteiger partial charge in [-0.15, -0.1) is 0 Å². The van der Waals surface area contributed by atoms with E-state index in [1.165, 1.54) is 29.5 Å². The summed E-state index contributed by atoms with van der Waals surface area (Å²) in [6, 6.07) is 8.62. The molecular formula is C24H31NO2. The molecule has 0 radical (unpaired) electrons. The molecule has 1 atom stereocenters. The Bertz CT molecular complexity index is 734. The monoisotopic (exact) mass is 365 g/mol. The Balaban J connectivity index is 1.54. The Kier molecular flexibility index (Phi) is 6.20. The average Bonchev–Trinajstić information content (AvgIpc) is 3.08. The van der Waals surface area contributed by atoms with Crippen molar-refractivity contribution in [2.24, 2.45) is 5.41 Å². The molecule has 0 bridgehead atoms. The molecule has 3 nitrogen and oxygen atoms in total. The minimum absolute atomic E-state index is 0.0888. The smallest absolute Gasteiger partial charge is 0.407 e. The number of carbonyl (C=O) groups excluding carboxylic acids is 1. The van der Waals surface area contributed by atoms with Gasteiger partial charge in [0.15, 0.2) is 0 Å². The number of alkyl carbamates (subject to hydrolysis) is 1. The van der Waals surface area contributed by atoms with Crippen molar-refractivity contribution in [3.8, 4) is 0 Å². The number of hydrogen-bond acceptors (Lipinski definition) is 2. The van der Waals surface area contributed by atoms with Crippen LogP contribution in [-0.4, -0.2) is 18.7 Å². The topological polar surface area (TPSA) is 38.3 Å². The molecule has 0 saturated heterocycles. The fourth-order valence-corrected chi connectivity index (χ4v) is 3.57. The Morgan fingerprint density at radius 2 is 1.89 bits per heavy atom. The zero-order valence-electron chi connectivity index (χ0n) is 16.7. The first-order valence-electron chi connectivity index (χ1n) is 10.1. The van der Waals surface area contributed by atoms with Crippen molar-refractivity contribution in [1.82, 2.24) is 5.32 Å². The van der Waals surface area contributed by atoms with Gasteiger partial charge in [0, 0.05) is 12.0 Å². The highest BCUT2D eigenvalue weighted by Gasteiger charge is 2.19. The van der Waals surface area contributed by atoms with E-state index in [1.807, 2.05) is 0 Å². The van der Waals surface area contributed by atoms with Crippen LogP contribution in [0.4, 0.5) is 4.79 Å². The molecule has 0 aromatic heterocycles. The van der Waals surface area contributed by atoms with Crippen LogP contribution in [-0.2, 0) is 4.74 Å². The number of benzene rings is 1. The number of rotatable bonds is 5. The van der Waals surface area contributed by atoms with Gasteiger partial charge in [-0.1, -0.05) is 75.4 Å². The van der Waals surface area contributed by atoms with Crippen molar-refractivity contribution in [3.05, 3.63) is 65.8 Å². The van der Waals surface area contributed by atoms with Crippen LogP contribution in [0.3, 0.4) is 0 Å². The molecule has 3 heteroatoms. The van der Waals surface area contributed by atoms with Crippen LogP contribution < -0.4 is 5.32 Å². The summed E-state index contributed by atoms with van der Waals surface area (Å²) in [4.78, 5) is 11.9. The maximum Gasteiger partial charge on any atom is 0.407 e. The van der Waals surface area contributed by atoms with Gasteiger partial charge in [-0.3, -0.25) is 0 Å². The second kappa shape index (κ2) is 8.60. The first kappa shape index (κ1) is 19.5. The Hall–Kier alpha value is -2.29. The van der Waals surface area contributed by atoms with Gasteiger partial charge < -0.3 is 10.1 Å². The van der Waals surface area contributed by atoms with E-state index < -0.39 is 0 Å². The zero-order chi connectivity index (χ0) is 19.3. The number of hydrogen-bond donors (Lipinski definition) is 1. The number of ether oxygens (including phenoxy) is 1. The molecule has 1 N–H and O–H groups in total. The average molecular weight is 366 g/mol. The summed E-state index contributed by atoms with van der Waals surface area (Å²) >= 11 is 0. The molecule has 1 amide bonds. The van der Waals surface area contributed by atoms with Gasteiger partial charge in [0.2, 0.25) is 0 Å². The quantitative estimate of drug-likeness (QED) is 0.695. The summed E-state index contributed by atoms with van der Waals surface area (Å²) in [6.45, 7) is 7.11. The molecule has 27 heavy (non-hydrogen) atoms. The zero-order valence-corrected chi connectivity index (χ0v) is 16.7. The third-order valence-corrected chi connectivity index (χ3v) is 5.44. The van der Waals surface area contributed by atoms with E-state index >= 15 is 0 Å². The second-order valence-corrected chi connectivity index (χ2v) is 8.35. The lowest BCUT2D eigenvalue weighted by Gasteiger charge is -2.16. The van der Waals surface area contributed by atoms with E-state index in [-0.39, 0.29) is 23.5 Å². The number of amides is 1. The summed E-state index contributed by atoms with van der Waals surface area (Å²) in [6.07, 6.45) is 15.1. The van der Waals surface area contributed by atoms with Gasteiger partial charge in [0.1, 0.15) is 6.10 Å². The molecule has 1 fully saturated rings. The standard InChI is InChI=1S/C24H31NO2/c1-18(17-25-23(26)27-22-8-4-5-9-22)19-10-12-21(13-11-19)20-7-6-15-24(2,3)16-14-20/h6-7,10-16,18,22H,4-5,8-9,17H2,1-3H3,(H,25,26). The van der Waals surface area contributed by atoms with Crippen LogP contribution in [0.15, 0.2) is 54.6 Å². The molecule has 2 aliphatic carbocycles. The molecule has 1 unspecified atom stereocenters. The minimum Gasteiger partial charge on any atom is -0.446 e. The second-order valence-electron chi connectivity index (χ2n) is 8.35. The molecule has 2 aliphatic rings. The number of carbonyl (C=O) groups is 1. The van der Waals surface area contributed by atoms with Gasteiger partial charge in [0.25, 0.3) is 0 Å². The highest BCUT2D eigenvalue weighted by Crippen LogP contribution is 2.27. The highest BCUT2D eigenvalue weighted by atomic mass is 16.6. The molecule has 3 rings (SSSR count). The van der Waals surface area contributed by atoms with Gasteiger partial charge in [-0.2, -0.15) is 0 Å². The molecule has 144 valence electrons. The predicted octanol–water partition coefficient (Wildman–Crippen LogP) is 5.99. The fraction of sp³-hybridized carbons (Fsp3) is 0.458. The van der Waals surface area contributed by atoms with Crippen molar-refractivity contribution in [3.63, 3.8) is 0 Å². The first-order chi connectivity index (χ1) is 12.9. The summed E-state index contributed by atoms with van der Waals surface area (Å²) < 4.78 is 5.45. The Labute approximate surface area is 163 Å². The summed E-state index contributed by atoms with van der Waals surface area (Å²) in [5.74, 6) is 0.243. The van der Waals surface area contributed by atoms with E-state index in [9.17, 15) is 4.79 Å². The minimum atomic E-state index is -0.284. The SMILES string of the molecule is CC(CNC(=O)OC1CCCC1)c1ccc(C2=CC=CC(C)(C)C=C2)cc1. The van der Waals surface area contributed by atoms with Gasteiger partial charge >= 0.3 is 6.09 Å². The van der Waals surface area contributed by atoms with Crippen LogP contribution in [0.25, 0.3) is 5.57 Å². The summed E-state index contributed by atoms with van der Waals surface area (Å²) in [5, 5.41) is 2.91. The summed E-state index contributed by atoms with van der Waals surface area (Å²) in [7, 11) is 0. The lowest BCUT2D eigenvalue weighted by atomic mass is 9.92. The third kappa shape index (κ3) is 5.59. The van der Waals surface area contributed by atoms with Gasteiger partial charge in [-0.25, -0.2) is 4.79 Å². The lowest BCUT2D eigenvalue weighted by molar-refractivity contribution is 0.101. The van der Waals surface area contributed by atoms with Gasteiger partial charge in [0.05, 0.1) is 0 Å². The molecular weight excluding hydrogens is 334 g/mol. The molecule has 0 spiro atoms. The predicted molar refractivity (Wildman–Crippen MR) is 112 cm³/mol. The fourth-order valence-electron chi connectivity index (χ4n) is 3.57. The van der Waals surface area contributed by atoms with Crippen molar-refractivity contribution >= 4 is 11.7 Å². The molecule has 1 saturated carbocycles. The van der Waals surface area contributed by atoms with Gasteiger partial charge in [-0.05, 0) is 48.3 Å². The van der Waals surface area contributed by atoms with Crippen molar-refractivity contribution in [2.45, 2.75) is 58.5 Å². The first-order valence-corrected chi connectivity index (χ1v) is 10.1. The van der Waals surface area contributed by atoms with E-state index in [2.05, 4.69) is 80.7 Å². The van der Waals surface area contributed by atoms with Crippen molar-refractivity contribution < 1.29 is 9.53 Å². The molecule has 0 aliphatic heterocycles. The van der Waals surface area contributed by atoms with Crippen molar-refractivity contribution in [2.75, 3.05) is 6.54 Å². The van der Waals surface area contributed by atoms with Crippen LogP contribution in [0.1, 0.15) is 63.5 Å². The number of nitrogens with one attached hydrogen (secondary N) is 1.